The largest absolute Gasteiger partial charge is 0.480 e. The fraction of sp³-hybridized carbons (Fsp3) is 0.200. The van der Waals surface area contributed by atoms with E-state index in [2.05, 4.69) is 50.4 Å². The number of nitrogens with one attached hydrogen (secondary N) is 1. The summed E-state index contributed by atoms with van der Waals surface area (Å²) in [7, 11) is 0. The standard InChI is InChI=1S/C25H21Cl2NO/c1-14-13-25(2,3)28-20-9-8-19-18-6-4-5-7-21(18)29-24(23(19)22(14)20)15-10-16(26)12-17(27)11-15/h4-13,24,28H,1-3H3/t24-/m0/s1. The SMILES string of the molecule is CC1=CC(C)(C)Nc2ccc3c(c21)[C@H](c1cc(Cl)cc(Cl)c1)Oc1ccccc1-3. The predicted molar refractivity (Wildman–Crippen MR) is 122 cm³/mol. The zero-order valence-electron chi connectivity index (χ0n) is 16.5. The molecule has 3 aromatic carbocycles. The van der Waals surface area contributed by atoms with E-state index < -0.39 is 0 Å². The van der Waals surface area contributed by atoms with E-state index in [1.54, 1.807) is 6.07 Å². The van der Waals surface area contributed by atoms with Gasteiger partial charge < -0.3 is 10.1 Å². The van der Waals surface area contributed by atoms with E-state index in [1.807, 2.05) is 30.3 Å². The van der Waals surface area contributed by atoms with E-state index in [4.69, 9.17) is 27.9 Å². The minimum Gasteiger partial charge on any atom is -0.480 e. The van der Waals surface area contributed by atoms with Crippen molar-refractivity contribution in [2.45, 2.75) is 32.4 Å². The number of allylic oxidation sites excluding steroid dienone is 1. The van der Waals surface area contributed by atoms with E-state index >= 15 is 0 Å². The van der Waals surface area contributed by atoms with Gasteiger partial charge in [-0.05, 0) is 67.8 Å². The van der Waals surface area contributed by atoms with Crippen LogP contribution in [0, 0.1) is 0 Å². The van der Waals surface area contributed by atoms with Gasteiger partial charge in [-0.2, -0.15) is 0 Å². The van der Waals surface area contributed by atoms with Crippen molar-refractivity contribution >= 4 is 34.5 Å². The van der Waals surface area contributed by atoms with Crippen molar-refractivity contribution in [2.75, 3.05) is 5.32 Å². The number of benzene rings is 3. The molecule has 4 heteroatoms. The Kier molecular flexibility index (Phi) is 4.20. The number of anilines is 1. The summed E-state index contributed by atoms with van der Waals surface area (Å²) in [6, 6.07) is 18.2. The van der Waals surface area contributed by atoms with Gasteiger partial charge in [-0.25, -0.2) is 0 Å². The van der Waals surface area contributed by atoms with Gasteiger partial charge in [-0.1, -0.05) is 53.5 Å². The maximum Gasteiger partial charge on any atom is 0.150 e. The molecular formula is C25H21Cl2NO. The van der Waals surface area contributed by atoms with Crippen molar-refractivity contribution in [3.05, 3.63) is 87.4 Å². The lowest BCUT2D eigenvalue weighted by Gasteiger charge is -2.37. The molecular weight excluding hydrogens is 401 g/mol. The van der Waals surface area contributed by atoms with E-state index in [9.17, 15) is 0 Å². The van der Waals surface area contributed by atoms with Crippen LogP contribution in [0.1, 0.15) is 43.6 Å². The van der Waals surface area contributed by atoms with Crippen molar-refractivity contribution in [3.8, 4) is 16.9 Å². The third kappa shape index (κ3) is 3.11. The smallest absolute Gasteiger partial charge is 0.150 e. The Morgan fingerprint density at radius 2 is 1.66 bits per heavy atom. The van der Waals surface area contributed by atoms with E-state index in [-0.39, 0.29) is 11.6 Å². The molecule has 29 heavy (non-hydrogen) atoms. The fourth-order valence-electron chi connectivity index (χ4n) is 4.59. The molecule has 2 aliphatic heterocycles. The van der Waals surface area contributed by atoms with Crippen LogP contribution in [0.25, 0.3) is 16.7 Å². The molecule has 1 atom stereocenters. The molecule has 0 saturated carbocycles. The summed E-state index contributed by atoms with van der Waals surface area (Å²) >= 11 is 12.7. The van der Waals surface area contributed by atoms with Crippen molar-refractivity contribution in [1.29, 1.82) is 0 Å². The minimum absolute atomic E-state index is 0.104. The van der Waals surface area contributed by atoms with Gasteiger partial charge >= 0.3 is 0 Å². The Hall–Kier alpha value is -2.42. The quantitative estimate of drug-likeness (QED) is 0.433. The average molecular weight is 422 g/mol. The first-order valence-electron chi connectivity index (χ1n) is 9.69. The Balaban J connectivity index is 1.82. The lowest BCUT2D eigenvalue weighted by molar-refractivity contribution is 0.243. The van der Waals surface area contributed by atoms with Crippen LogP contribution in [-0.4, -0.2) is 5.54 Å². The van der Waals surface area contributed by atoms with Crippen LogP contribution in [0.15, 0.2) is 60.7 Å². The van der Waals surface area contributed by atoms with Gasteiger partial charge in [0, 0.05) is 32.4 Å². The number of halogens is 2. The van der Waals surface area contributed by atoms with Crippen LogP contribution < -0.4 is 10.1 Å². The first kappa shape index (κ1) is 18.6. The normalized spacial score (nSPS) is 18.5. The second kappa shape index (κ2) is 6.55. The molecule has 0 amide bonds. The van der Waals surface area contributed by atoms with Crippen LogP contribution in [-0.2, 0) is 0 Å². The van der Waals surface area contributed by atoms with E-state index in [1.165, 1.54) is 16.7 Å². The van der Waals surface area contributed by atoms with Gasteiger partial charge in [0.25, 0.3) is 0 Å². The van der Waals surface area contributed by atoms with E-state index in [0.717, 1.165) is 28.1 Å². The Morgan fingerprint density at radius 3 is 2.41 bits per heavy atom. The molecule has 146 valence electrons. The second-order valence-corrected chi connectivity index (χ2v) is 9.19. The molecule has 0 spiro atoms. The van der Waals surface area contributed by atoms with Crippen molar-refractivity contribution in [3.63, 3.8) is 0 Å². The lowest BCUT2D eigenvalue weighted by atomic mass is 9.80. The van der Waals surface area contributed by atoms with Crippen LogP contribution in [0.3, 0.4) is 0 Å². The summed E-state index contributed by atoms with van der Waals surface area (Å²) < 4.78 is 6.55. The summed E-state index contributed by atoms with van der Waals surface area (Å²) in [4.78, 5) is 0. The molecule has 0 unspecified atom stereocenters. The van der Waals surface area contributed by atoms with Crippen molar-refractivity contribution in [1.82, 2.24) is 0 Å². The predicted octanol–water partition coefficient (Wildman–Crippen LogP) is 7.75. The Morgan fingerprint density at radius 1 is 0.931 bits per heavy atom. The summed E-state index contributed by atoms with van der Waals surface area (Å²) in [5, 5.41) is 4.86. The molecule has 2 heterocycles. The number of ether oxygens (including phenoxy) is 1. The Bertz CT molecular complexity index is 1160. The number of hydrogen-bond donors (Lipinski definition) is 1. The number of fused-ring (bicyclic) bond motifs is 5. The molecule has 2 aliphatic rings. The highest BCUT2D eigenvalue weighted by Crippen LogP contribution is 2.50. The molecule has 0 saturated heterocycles. The first-order chi connectivity index (χ1) is 13.8. The molecule has 0 aromatic heterocycles. The van der Waals surface area contributed by atoms with Crippen LogP contribution in [0.2, 0.25) is 10.0 Å². The minimum atomic E-state index is -0.294. The molecule has 0 radical (unpaired) electrons. The molecule has 0 fully saturated rings. The highest BCUT2D eigenvalue weighted by Gasteiger charge is 2.34. The van der Waals surface area contributed by atoms with Gasteiger partial charge in [0.1, 0.15) is 5.75 Å². The molecule has 3 aromatic rings. The molecule has 0 aliphatic carbocycles. The summed E-state index contributed by atoms with van der Waals surface area (Å²) in [5.74, 6) is 0.867. The zero-order valence-corrected chi connectivity index (χ0v) is 18.0. The van der Waals surface area contributed by atoms with Gasteiger partial charge in [0.15, 0.2) is 6.10 Å². The van der Waals surface area contributed by atoms with Crippen LogP contribution in [0.4, 0.5) is 5.69 Å². The first-order valence-corrected chi connectivity index (χ1v) is 10.4. The third-order valence-corrected chi connectivity index (χ3v) is 5.98. The second-order valence-electron chi connectivity index (χ2n) is 8.32. The third-order valence-electron chi connectivity index (χ3n) is 5.55. The van der Waals surface area contributed by atoms with Crippen LogP contribution >= 0.6 is 23.2 Å². The van der Waals surface area contributed by atoms with Gasteiger partial charge in [0.2, 0.25) is 0 Å². The number of rotatable bonds is 1. The number of hydrogen-bond acceptors (Lipinski definition) is 2. The lowest BCUT2D eigenvalue weighted by Crippen LogP contribution is -2.32. The molecule has 1 N–H and O–H groups in total. The average Bonchev–Trinajstić information content (AvgIpc) is 2.65. The highest BCUT2D eigenvalue weighted by molar-refractivity contribution is 6.34. The summed E-state index contributed by atoms with van der Waals surface area (Å²) in [5.41, 5.74) is 7.83. The zero-order chi connectivity index (χ0) is 20.3. The van der Waals surface area contributed by atoms with Crippen molar-refractivity contribution < 1.29 is 4.74 Å². The number of para-hydroxylation sites is 1. The monoisotopic (exact) mass is 421 g/mol. The molecule has 2 nitrogen and oxygen atoms in total. The highest BCUT2D eigenvalue weighted by atomic mass is 35.5. The maximum absolute atomic E-state index is 6.55. The fourth-order valence-corrected chi connectivity index (χ4v) is 5.13. The summed E-state index contributed by atoms with van der Waals surface area (Å²) in [6.45, 7) is 6.53. The van der Waals surface area contributed by atoms with E-state index in [0.29, 0.717) is 10.0 Å². The molecule has 0 bridgehead atoms. The van der Waals surface area contributed by atoms with Crippen LogP contribution in [0.5, 0.6) is 5.75 Å². The Labute approximate surface area is 181 Å². The molecule has 5 rings (SSSR count). The summed E-state index contributed by atoms with van der Waals surface area (Å²) in [6.07, 6.45) is 1.98. The van der Waals surface area contributed by atoms with Gasteiger partial charge in [-0.3, -0.25) is 0 Å². The van der Waals surface area contributed by atoms with Gasteiger partial charge in [0.05, 0.1) is 5.54 Å². The van der Waals surface area contributed by atoms with Gasteiger partial charge in [-0.15, -0.1) is 0 Å². The van der Waals surface area contributed by atoms with Crippen molar-refractivity contribution in [2.24, 2.45) is 0 Å². The topological polar surface area (TPSA) is 21.3 Å². The maximum atomic E-state index is 6.55.